The largest absolute Gasteiger partial charge is 0.351 e. The van der Waals surface area contributed by atoms with E-state index in [2.05, 4.69) is 5.32 Å². The SMILES string of the molecule is CCCCNC(=O)/C(C#N)=C\N(C=O)CCCN. The minimum Gasteiger partial charge on any atom is -0.351 e. The lowest BCUT2D eigenvalue weighted by molar-refractivity contribution is -0.117. The van der Waals surface area contributed by atoms with Gasteiger partial charge in [0.2, 0.25) is 6.41 Å². The zero-order valence-electron chi connectivity index (χ0n) is 10.7. The van der Waals surface area contributed by atoms with Gasteiger partial charge in [0.05, 0.1) is 0 Å². The van der Waals surface area contributed by atoms with Crippen LogP contribution in [0, 0.1) is 11.3 Å². The zero-order valence-corrected chi connectivity index (χ0v) is 10.7. The van der Waals surface area contributed by atoms with Crippen LogP contribution in [0.3, 0.4) is 0 Å². The third-order valence-electron chi connectivity index (χ3n) is 2.23. The molecule has 0 aromatic carbocycles. The summed E-state index contributed by atoms with van der Waals surface area (Å²) in [6, 6.07) is 1.79. The van der Waals surface area contributed by atoms with E-state index in [9.17, 15) is 9.59 Å². The number of hydrogen-bond donors (Lipinski definition) is 2. The molecule has 0 aliphatic rings. The highest BCUT2D eigenvalue weighted by molar-refractivity contribution is 5.97. The summed E-state index contributed by atoms with van der Waals surface area (Å²) in [5.74, 6) is -0.453. The van der Waals surface area contributed by atoms with Crippen LogP contribution in [0.4, 0.5) is 0 Å². The Bertz CT molecular complexity index is 333. The summed E-state index contributed by atoms with van der Waals surface area (Å²) >= 11 is 0. The third kappa shape index (κ3) is 6.66. The highest BCUT2D eigenvalue weighted by Gasteiger charge is 2.09. The molecule has 0 saturated heterocycles. The number of amides is 2. The lowest BCUT2D eigenvalue weighted by atomic mass is 10.2. The molecule has 18 heavy (non-hydrogen) atoms. The van der Waals surface area contributed by atoms with Crippen molar-refractivity contribution in [1.82, 2.24) is 10.2 Å². The summed E-state index contributed by atoms with van der Waals surface area (Å²) in [7, 11) is 0. The van der Waals surface area contributed by atoms with Crippen LogP contribution in [0.5, 0.6) is 0 Å². The molecule has 0 fully saturated rings. The molecule has 2 amide bonds. The van der Waals surface area contributed by atoms with Crippen LogP contribution in [0.25, 0.3) is 0 Å². The molecule has 0 rings (SSSR count). The average molecular weight is 252 g/mol. The van der Waals surface area contributed by atoms with Gasteiger partial charge in [-0.25, -0.2) is 0 Å². The molecule has 0 atom stereocenters. The van der Waals surface area contributed by atoms with E-state index in [1.165, 1.54) is 11.1 Å². The zero-order chi connectivity index (χ0) is 13.8. The number of unbranched alkanes of at least 4 members (excludes halogenated alkanes) is 1. The number of nitrogens with zero attached hydrogens (tertiary/aromatic N) is 2. The molecule has 0 aliphatic heterocycles. The number of carbonyl (C=O) groups is 2. The van der Waals surface area contributed by atoms with Gasteiger partial charge in [0.15, 0.2) is 0 Å². The van der Waals surface area contributed by atoms with Crippen molar-refractivity contribution in [3.8, 4) is 6.07 Å². The Labute approximate surface area is 107 Å². The summed E-state index contributed by atoms with van der Waals surface area (Å²) in [5.41, 5.74) is 5.25. The summed E-state index contributed by atoms with van der Waals surface area (Å²) < 4.78 is 0. The predicted molar refractivity (Wildman–Crippen MR) is 68.1 cm³/mol. The van der Waals surface area contributed by atoms with Gasteiger partial charge in [0, 0.05) is 19.3 Å². The summed E-state index contributed by atoms with van der Waals surface area (Å²) in [5, 5.41) is 11.5. The van der Waals surface area contributed by atoms with Crippen molar-refractivity contribution in [3.05, 3.63) is 11.8 Å². The number of nitrogens with two attached hydrogens (primary N) is 1. The van der Waals surface area contributed by atoms with Gasteiger partial charge >= 0.3 is 0 Å². The van der Waals surface area contributed by atoms with Crippen molar-refractivity contribution >= 4 is 12.3 Å². The fourth-order valence-corrected chi connectivity index (χ4v) is 1.20. The first kappa shape index (κ1) is 16.1. The Hall–Kier alpha value is -1.87. The molecule has 0 saturated carbocycles. The van der Waals surface area contributed by atoms with Crippen LogP contribution in [0.2, 0.25) is 0 Å². The number of carbonyl (C=O) groups excluding carboxylic acids is 2. The molecular formula is C12H20N4O2. The highest BCUT2D eigenvalue weighted by Crippen LogP contribution is 1.98. The normalized spacial score (nSPS) is 10.6. The predicted octanol–water partition coefficient (Wildman–Crippen LogP) is 0.117. The first-order valence-electron chi connectivity index (χ1n) is 6.00. The molecule has 6 nitrogen and oxygen atoms in total. The lowest BCUT2D eigenvalue weighted by Crippen LogP contribution is -2.28. The van der Waals surface area contributed by atoms with E-state index in [1.54, 1.807) is 6.07 Å². The second-order valence-electron chi connectivity index (χ2n) is 3.75. The molecule has 0 aromatic heterocycles. The van der Waals surface area contributed by atoms with Gasteiger partial charge in [-0.15, -0.1) is 0 Å². The van der Waals surface area contributed by atoms with Crippen LogP contribution in [-0.2, 0) is 9.59 Å². The molecule has 0 aliphatic carbocycles. The molecule has 0 spiro atoms. The molecule has 0 heterocycles. The second-order valence-corrected chi connectivity index (χ2v) is 3.75. The van der Waals surface area contributed by atoms with Crippen molar-refractivity contribution in [2.75, 3.05) is 19.6 Å². The van der Waals surface area contributed by atoms with E-state index in [-0.39, 0.29) is 5.57 Å². The van der Waals surface area contributed by atoms with E-state index in [1.807, 2.05) is 6.92 Å². The molecule has 6 heteroatoms. The minimum absolute atomic E-state index is 0.0739. The average Bonchev–Trinajstić information content (AvgIpc) is 2.39. The van der Waals surface area contributed by atoms with Gasteiger partial charge < -0.3 is 16.0 Å². The Morgan fingerprint density at radius 2 is 2.22 bits per heavy atom. The number of nitriles is 1. The lowest BCUT2D eigenvalue weighted by Gasteiger charge is -2.12. The van der Waals surface area contributed by atoms with Crippen LogP contribution < -0.4 is 11.1 Å². The van der Waals surface area contributed by atoms with E-state index in [0.717, 1.165) is 12.8 Å². The van der Waals surface area contributed by atoms with Crippen LogP contribution >= 0.6 is 0 Å². The number of rotatable bonds is 9. The van der Waals surface area contributed by atoms with E-state index in [0.29, 0.717) is 32.5 Å². The van der Waals surface area contributed by atoms with E-state index < -0.39 is 5.91 Å². The Morgan fingerprint density at radius 1 is 1.50 bits per heavy atom. The van der Waals surface area contributed by atoms with Crippen LogP contribution in [0.15, 0.2) is 11.8 Å². The first-order valence-corrected chi connectivity index (χ1v) is 6.00. The van der Waals surface area contributed by atoms with Crippen molar-refractivity contribution in [3.63, 3.8) is 0 Å². The minimum atomic E-state index is -0.453. The first-order chi connectivity index (χ1) is 8.69. The monoisotopic (exact) mass is 252 g/mol. The third-order valence-corrected chi connectivity index (χ3v) is 2.23. The maximum Gasteiger partial charge on any atom is 0.263 e. The fraction of sp³-hybridized carbons (Fsp3) is 0.583. The van der Waals surface area contributed by atoms with Gasteiger partial charge in [-0.3, -0.25) is 9.59 Å². The van der Waals surface area contributed by atoms with E-state index >= 15 is 0 Å². The molecule has 0 radical (unpaired) electrons. The topological polar surface area (TPSA) is 99.2 Å². The molecule has 0 bridgehead atoms. The van der Waals surface area contributed by atoms with Crippen LogP contribution in [0.1, 0.15) is 26.2 Å². The smallest absolute Gasteiger partial charge is 0.263 e. The van der Waals surface area contributed by atoms with Gasteiger partial charge in [-0.05, 0) is 19.4 Å². The quantitative estimate of drug-likeness (QED) is 0.263. The molecule has 100 valence electrons. The fourth-order valence-electron chi connectivity index (χ4n) is 1.20. The van der Waals surface area contributed by atoms with Crippen molar-refractivity contribution in [2.24, 2.45) is 5.73 Å². The van der Waals surface area contributed by atoms with Crippen molar-refractivity contribution in [1.29, 1.82) is 5.26 Å². The highest BCUT2D eigenvalue weighted by atomic mass is 16.2. The summed E-state index contributed by atoms with van der Waals surface area (Å²) in [6.45, 7) is 3.38. The molecular weight excluding hydrogens is 232 g/mol. The maximum absolute atomic E-state index is 11.6. The van der Waals surface area contributed by atoms with E-state index in [4.69, 9.17) is 11.0 Å². The summed E-state index contributed by atoms with van der Waals surface area (Å²) in [4.78, 5) is 23.6. The van der Waals surface area contributed by atoms with Crippen molar-refractivity contribution in [2.45, 2.75) is 26.2 Å². The standard InChI is InChI=1S/C12H20N4O2/c1-2-3-6-15-12(18)11(8-14)9-16(10-17)7-4-5-13/h9-10H,2-7,13H2,1H3,(H,15,18)/b11-9-. The van der Waals surface area contributed by atoms with Gasteiger partial charge in [0.25, 0.3) is 5.91 Å². The molecule has 0 aromatic rings. The van der Waals surface area contributed by atoms with Gasteiger partial charge in [0.1, 0.15) is 11.6 Å². The van der Waals surface area contributed by atoms with Gasteiger partial charge in [-0.1, -0.05) is 13.3 Å². The molecule has 3 N–H and O–H groups in total. The summed E-state index contributed by atoms with van der Waals surface area (Å²) in [6.07, 6.45) is 4.26. The van der Waals surface area contributed by atoms with Gasteiger partial charge in [-0.2, -0.15) is 5.26 Å². The van der Waals surface area contributed by atoms with Crippen molar-refractivity contribution < 1.29 is 9.59 Å². The van der Waals surface area contributed by atoms with Crippen LogP contribution in [-0.4, -0.2) is 36.9 Å². The number of hydrogen-bond acceptors (Lipinski definition) is 4. The number of nitrogens with one attached hydrogen (secondary N) is 1. The second kappa shape index (κ2) is 10.3. The Kier molecular flexibility index (Phi) is 9.23. The molecule has 0 unspecified atom stereocenters. The Morgan fingerprint density at radius 3 is 2.72 bits per heavy atom. The Balaban J connectivity index is 4.48. The maximum atomic E-state index is 11.6.